The van der Waals surface area contributed by atoms with Crippen molar-refractivity contribution in [2.24, 2.45) is 21.9 Å². The van der Waals surface area contributed by atoms with Crippen LogP contribution in [0, 0.1) is 0 Å². The summed E-state index contributed by atoms with van der Waals surface area (Å²) in [6.07, 6.45) is 8.45. The first kappa shape index (κ1) is 21.8. The Morgan fingerprint density at radius 1 is 1.00 bits per heavy atom. The van der Waals surface area contributed by atoms with Crippen LogP contribution in [0.1, 0.15) is 51.5 Å². The summed E-state index contributed by atoms with van der Waals surface area (Å²) in [4.78, 5) is 12.7. The summed E-state index contributed by atoms with van der Waals surface area (Å²) >= 11 is 0. The summed E-state index contributed by atoms with van der Waals surface area (Å²) in [7, 11) is 0. The Balaban J connectivity index is 1.86. The van der Waals surface area contributed by atoms with E-state index < -0.39 is 0 Å². The maximum Gasteiger partial charge on any atom is 0.339 e. The van der Waals surface area contributed by atoms with Crippen LogP contribution in [0.4, 0.5) is 0 Å². The van der Waals surface area contributed by atoms with E-state index >= 15 is 0 Å². The third kappa shape index (κ3) is 6.05. The Kier molecular flexibility index (Phi) is 7.59. The second-order valence-electron chi connectivity index (χ2n) is 7.23. The zero-order valence-corrected chi connectivity index (χ0v) is 17.6. The topological polar surface area (TPSA) is 108 Å². The molecule has 0 saturated carbocycles. The van der Waals surface area contributed by atoms with Gasteiger partial charge in [0.1, 0.15) is 0 Å². The van der Waals surface area contributed by atoms with Gasteiger partial charge in [0.05, 0.1) is 24.6 Å². The average Bonchev–Trinajstić information content (AvgIpc) is 3.16. The molecule has 0 atom stereocenters. The number of hydrogen-bond acceptors (Lipinski definition) is 6. The predicted molar refractivity (Wildman–Crippen MR) is 123 cm³/mol. The molecule has 0 amide bonds. The van der Waals surface area contributed by atoms with Crippen molar-refractivity contribution in [2.75, 3.05) is 6.61 Å². The third-order valence-corrected chi connectivity index (χ3v) is 4.76. The minimum atomic E-state index is -0.300. The first-order valence-corrected chi connectivity index (χ1v) is 10.1. The highest BCUT2D eigenvalue weighted by molar-refractivity contribution is 5.91. The first-order chi connectivity index (χ1) is 15.1. The summed E-state index contributed by atoms with van der Waals surface area (Å²) in [5, 5.41) is 7.12. The van der Waals surface area contributed by atoms with Gasteiger partial charge in [0, 0.05) is 18.9 Å². The molecule has 160 valence electrons. The van der Waals surface area contributed by atoms with Crippen molar-refractivity contribution in [3.05, 3.63) is 94.3 Å². The molecule has 1 aromatic heterocycles. The lowest BCUT2D eigenvalue weighted by Crippen LogP contribution is -2.07. The Morgan fingerprint density at radius 2 is 1.74 bits per heavy atom. The number of ether oxygens (including phenoxy) is 1. The number of hydrazone groups is 2. The quantitative estimate of drug-likeness (QED) is 0.241. The van der Waals surface area contributed by atoms with Crippen molar-refractivity contribution in [1.29, 1.82) is 0 Å². The highest BCUT2D eigenvalue weighted by atomic mass is 16.5. The minimum absolute atomic E-state index is 0.300. The van der Waals surface area contributed by atoms with E-state index in [0.29, 0.717) is 25.1 Å². The van der Waals surface area contributed by atoms with Gasteiger partial charge in [-0.05, 0) is 46.7 Å². The molecule has 7 nitrogen and oxygen atoms in total. The molecule has 0 aliphatic rings. The lowest BCUT2D eigenvalue weighted by Gasteiger charge is -2.05. The van der Waals surface area contributed by atoms with Crippen LogP contribution in [0.25, 0.3) is 0 Å². The van der Waals surface area contributed by atoms with Gasteiger partial charge in [-0.3, -0.25) is 0 Å². The van der Waals surface area contributed by atoms with Crippen LogP contribution in [-0.4, -0.2) is 29.6 Å². The smallest absolute Gasteiger partial charge is 0.339 e. The Bertz CT molecular complexity index is 1070. The SMILES string of the molecule is CCCOC(=O)c1cn(Cc2cccc(/C=N\N)c2)cc1Cc1ccc(/C=N\N)cc1. The monoisotopic (exact) mass is 417 g/mol. The molecule has 4 N–H and O–H groups in total. The van der Waals surface area contributed by atoms with Gasteiger partial charge in [-0.25, -0.2) is 4.79 Å². The molecule has 3 rings (SSSR count). The number of nitrogens with two attached hydrogens (primary N) is 2. The van der Waals surface area contributed by atoms with Crippen LogP contribution >= 0.6 is 0 Å². The summed E-state index contributed by atoms with van der Waals surface area (Å²) in [5.74, 6) is 10.2. The van der Waals surface area contributed by atoms with E-state index in [1.807, 2.05) is 72.4 Å². The predicted octanol–water partition coefficient (Wildman–Crippen LogP) is 3.28. The molecule has 0 unspecified atom stereocenters. The second kappa shape index (κ2) is 10.8. The summed E-state index contributed by atoms with van der Waals surface area (Å²) in [5.41, 5.74) is 5.51. The normalized spacial score (nSPS) is 11.4. The fraction of sp³-hybridized carbons (Fsp3) is 0.208. The molecule has 0 bridgehead atoms. The average molecular weight is 418 g/mol. The molecule has 0 spiro atoms. The number of benzene rings is 2. The maximum absolute atomic E-state index is 12.7. The highest BCUT2D eigenvalue weighted by Crippen LogP contribution is 2.19. The number of esters is 1. The number of carbonyl (C=O) groups excluding carboxylic acids is 1. The van der Waals surface area contributed by atoms with Gasteiger partial charge in [0.25, 0.3) is 0 Å². The molecule has 7 heteroatoms. The van der Waals surface area contributed by atoms with Crippen LogP contribution < -0.4 is 11.7 Å². The number of rotatable bonds is 9. The molecule has 3 aromatic rings. The van der Waals surface area contributed by atoms with Gasteiger partial charge in [0.15, 0.2) is 0 Å². The molecule has 0 radical (unpaired) electrons. The van der Waals surface area contributed by atoms with Crippen LogP contribution in [0.15, 0.2) is 71.1 Å². The van der Waals surface area contributed by atoms with Gasteiger partial charge in [-0.2, -0.15) is 10.2 Å². The molecule has 0 fully saturated rings. The third-order valence-electron chi connectivity index (χ3n) is 4.76. The fourth-order valence-electron chi connectivity index (χ4n) is 3.34. The van der Waals surface area contributed by atoms with E-state index in [2.05, 4.69) is 10.2 Å². The van der Waals surface area contributed by atoms with E-state index in [-0.39, 0.29) is 5.97 Å². The van der Waals surface area contributed by atoms with Crippen molar-refractivity contribution in [3.8, 4) is 0 Å². The van der Waals surface area contributed by atoms with Crippen molar-refractivity contribution in [3.63, 3.8) is 0 Å². The standard InChI is InChI=1S/C24H27N5O2/c1-2-10-31-24(30)23-17-29(15-21-5-3-4-20(11-21)14-28-26)16-22(23)12-18-6-8-19(9-7-18)13-27-25/h3-9,11,13-14,16-17H,2,10,12,15,25-26H2,1H3/b27-13-,28-14-. The Labute approximate surface area is 182 Å². The largest absolute Gasteiger partial charge is 0.462 e. The highest BCUT2D eigenvalue weighted by Gasteiger charge is 2.16. The lowest BCUT2D eigenvalue weighted by atomic mass is 10.0. The van der Waals surface area contributed by atoms with Gasteiger partial charge in [-0.15, -0.1) is 0 Å². The van der Waals surface area contributed by atoms with Crippen LogP contribution in [0.2, 0.25) is 0 Å². The van der Waals surface area contributed by atoms with E-state index in [1.165, 1.54) is 0 Å². The fourth-order valence-corrected chi connectivity index (χ4v) is 3.34. The Morgan fingerprint density at radius 3 is 2.45 bits per heavy atom. The minimum Gasteiger partial charge on any atom is -0.462 e. The molecule has 1 heterocycles. The summed E-state index contributed by atoms with van der Waals surface area (Å²) in [6, 6.07) is 15.8. The molecule has 0 aliphatic heterocycles. The molecule has 31 heavy (non-hydrogen) atoms. The molecule has 0 saturated heterocycles. The number of aromatic nitrogens is 1. The molecular formula is C24H27N5O2. The van der Waals surface area contributed by atoms with Gasteiger partial charge in [-0.1, -0.05) is 49.4 Å². The first-order valence-electron chi connectivity index (χ1n) is 10.1. The van der Waals surface area contributed by atoms with Crippen molar-refractivity contribution >= 4 is 18.4 Å². The molecule has 0 aliphatic carbocycles. The van der Waals surface area contributed by atoms with Gasteiger partial charge in [0.2, 0.25) is 0 Å². The summed E-state index contributed by atoms with van der Waals surface area (Å²) < 4.78 is 7.41. The maximum atomic E-state index is 12.7. The van der Waals surface area contributed by atoms with E-state index in [0.717, 1.165) is 34.2 Å². The Hall–Kier alpha value is -3.87. The zero-order valence-electron chi connectivity index (χ0n) is 17.6. The van der Waals surface area contributed by atoms with Gasteiger partial charge >= 0.3 is 5.97 Å². The van der Waals surface area contributed by atoms with E-state index in [9.17, 15) is 4.79 Å². The zero-order chi connectivity index (χ0) is 22.1. The summed E-state index contributed by atoms with van der Waals surface area (Å²) in [6.45, 7) is 2.99. The molecular weight excluding hydrogens is 390 g/mol. The number of carbonyl (C=O) groups is 1. The number of nitrogens with zero attached hydrogens (tertiary/aromatic N) is 3. The van der Waals surface area contributed by atoms with E-state index in [1.54, 1.807) is 12.4 Å². The van der Waals surface area contributed by atoms with Crippen LogP contribution in [0.5, 0.6) is 0 Å². The van der Waals surface area contributed by atoms with E-state index in [4.69, 9.17) is 16.4 Å². The van der Waals surface area contributed by atoms with Crippen LogP contribution in [0.3, 0.4) is 0 Å². The lowest BCUT2D eigenvalue weighted by molar-refractivity contribution is 0.0504. The van der Waals surface area contributed by atoms with Crippen LogP contribution in [-0.2, 0) is 17.7 Å². The van der Waals surface area contributed by atoms with Gasteiger partial charge < -0.3 is 21.0 Å². The van der Waals surface area contributed by atoms with Crippen molar-refractivity contribution in [1.82, 2.24) is 4.57 Å². The number of hydrogen-bond donors (Lipinski definition) is 2. The van der Waals surface area contributed by atoms with Crippen molar-refractivity contribution in [2.45, 2.75) is 26.3 Å². The van der Waals surface area contributed by atoms with Crippen molar-refractivity contribution < 1.29 is 9.53 Å². The second-order valence-corrected chi connectivity index (χ2v) is 7.23. The molecule has 2 aromatic carbocycles.